The number of rotatable bonds is 2. The van der Waals surface area contributed by atoms with E-state index in [4.69, 9.17) is 4.74 Å². The van der Waals surface area contributed by atoms with Crippen LogP contribution in [0, 0.1) is 0 Å². The van der Waals surface area contributed by atoms with E-state index in [2.05, 4.69) is 20.9 Å². The summed E-state index contributed by atoms with van der Waals surface area (Å²) in [7, 11) is 0. The summed E-state index contributed by atoms with van der Waals surface area (Å²) < 4.78 is 5.76. The van der Waals surface area contributed by atoms with Crippen molar-refractivity contribution in [2.75, 3.05) is 6.61 Å². The quantitative estimate of drug-likeness (QED) is 0.866. The van der Waals surface area contributed by atoms with E-state index in [9.17, 15) is 9.59 Å². The molecule has 88 valence electrons. The Labute approximate surface area is 106 Å². The number of fused-ring (bicyclic) bond motifs is 1. The van der Waals surface area contributed by atoms with Crippen LogP contribution in [-0.2, 0) is 4.74 Å². The van der Waals surface area contributed by atoms with Crippen molar-refractivity contribution in [1.82, 2.24) is 4.98 Å². The van der Waals surface area contributed by atoms with Crippen LogP contribution >= 0.6 is 15.9 Å². The maximum Gasteiger partial charge on any atom is 0.339 e. The van der Waals surface area contributed by atoms with Crippen LogP contribution in [0.1, 0.15) is 17.3 Å². The zero-order chi connectivity index (χ0) is 12.4. The van der Waals surface area contributed by atoms with Crippen LogP contribution in [0.4, 0.5) is 0 Å². The Morgan fingerprint density at radius 1 is 1.41 bits per heavy atom. The lowest BCUT2D eigenvalue weighted by Crippen LogP contribution is -2.12. The van der Waals surface area contributed by atoms with E-state index in [0.717, 1.165) is 4.47 Å². The smallest absolute Gasteiger partial charge is 0.339 e. The highest BCUT2D eigenvalue weighted by atomic mass is 79.9. The number of hydrogen-bond acceptors (Lipinski definition) is 3. The minimum absolute atomic E-state index is 0.279. The zero-order valence-electron chi connectivity index (χ0n) is 9.12. The number of halogens is 1. The van der Waals surface area contributed by atoms with Crippen LogP contribution in [0.15, 0.2) is 33.5 Å². The number of pyridine rings is 1. The molecule has 0 bridgehead atoms. The van der Waals surface area contributed by atoms with E-state index in [1.54, 1.807) is 25.1 Å². The van der Waals surface area contributed by atoms with E-state index in [1.807, 2.05) is 0 Å². The zero-order valence-corrected chi connectivity index (χ0v) is 10.7. The second-order valence-corrected chi connectivity index (χ2v) is 4.37. The molecule has 0 atom stereocenters. The summed E-state index contributed by atoms with van der Waals surface area (Å²) in [6.07, 6.45) is 0. The van der Waals surface area contributed by atoms with Crippen LogP contribution in [0.5, 0.6) is 0 Å². The lowest BCUT2D eigenvalue weighted by molar-refractivity contribution is 0.0528. The van der Waals surface area contributed by atoms with E-state index in [1.165, 1.54) is 6.07 Å². The number of nitrogens with one attached hydrogen (secondary N) is 1. The number of aromatic nitrogens is 1. The molecule has 17 heavy (non-hydrogen) atoms. The molecule has 0 amide bonds. The first kappa shape index (κ1) is 11.9. The van der Waals surface area contributed by atoms with Crippen molar-refractivity contribution in [3.05, 3.63) is 44.7 Å². The van der Waals surface area contributed by atoms with Crippen molar-refractivity contribution < 1.29 is 9.53 Å². The number of esters is 1. The predicted molar refractivity (Wildman–Crippen MR) is 68.2 cm³/mol. The van der Waals surface area contributed by atoms with Crippen molar-refractivity contribution in [2.24, 2.45) is 0 Å². The van der Waals surface area contributed by atoms with E-state index >= 15 is 0 Å². The molecule has 0 radical (unpaired) electrons. The molecule has 0 unspecified atom stereocenters. The van der Waals surface area contributed by atoms with Crippen LogP contribution in [-0.4, -0.2) is 17.6 Å². The third-order valence-corrected chi connectivity index (χ3v) is 2.79. The molecule has 5 heteroatoms. The van der Waals surface area contributed by atoms with Gasteiger partial charge in [-0.15, -0.1) is 0 Å². The lowest BCUT2D eigenvalue weighted by Gasteiger charge is -2.05. The topological polar surface area (TPSA) is 59.2 Å². The highest BCUT2D eigenvalue weighted by Crippen LogP contribution is 2.21. The Bertz CT molecular complexity index is 633. The lowest BCUT2D eigenvalue weighted by atomic mass is 10.1. The van der Waals surface area contributed by atoms with Gasteiger partial charge in [0, 0.05) is 21.4 Å². The maximum absolute atomic E-state index is 11.7. The monoisotopic (exact) mass is 295 g/mol. The Hall–Kier alpha value is -1.62. The molecule has 0 aliphatic carbocycles. The Morgan fingerprint density at radius 2 is 2.18 bits per heavy atom. The fourth-order valence-electron chi connectivity index (χ4n) is 1.60. The van der Waals surface area contributed by atoms with Gasteiger partial charge >= 0.3 is 5.97 Å². The van der Waals surface area contributed by atoms with Gasteiger partial charge in [0.15, 0.2) is 0 Å². The van der Waals surface area contributed by atoms with E-state index in [0.29, 0.717) is 10.9 Å². The van der Waals surface area contributed by atoms with Gasteiger partial charge in [-0.2, -0.15) is 0 Å². The van der Waals surface area contributed by atoms with Gasteiger partial charge in [0.1, 0.15) is 0 Å². The molecule has 0 aliphatic heterocycles. The molecule has 0 fully saturated rings. The summed E-state index contributed by atoms with van der Waals surface area (Å²) in [5.74, 6) is -0.485. The third-order valence-electron chi connectivity index (χ3n) is 2.30. The van der Waals surface area contributed by atoms with Gasteiger partial charge in [-0.25, -0.2) is 4.79 Å². The minimum Gasteiger partial charge on any atom is -0.462 e. The first-order valence-electron chi connectivity index (χ1n) is 5.11. The van der Waals surface area contributed by atoms with Gasteiger partial charge in [-0.3, -0.25) is 4.79 Å². The molecule has 0 saturated heterocycles. The molecular weight excluding hydrogens is 286 g/mol. The first-order valence-corrected chi connectivity index (χ1v) is 5.91. The van der Waals surface area contributed by atoms with Crippen molar-refractivity contribution in [2.45, 2.75) is 6.92 Å². The Morgan fingerprint density at radius 3 is 2.88 bits per heavy atom. The number of benzene rings is 1. The normalized spacial score (nSPS) is 10.5. The molecule has 4 nitrogen and oxygen atoms in total. The minimum atomic E-state index is -0.485. The molecule has 1 aromatic carbocycles. The van der Waals surface area contributed by atoms with Crippen LogP contribution in [0.25, 0.3) is 10.9 Å². The SMILES string of the molecule is CCOC(=O)c1cc(=O)[nH]c2ccc(Br)cc12. The largest absolute Gasteiger partial charge is 0.462 e. The maximum atomic E-state index is 11.7. The van der Waals surface area contributed by atoms with Gasteiger partial charge in [0.05, 0.1) is 12.2 Å². The van der Waals surface area contributed by atoms with Crippen LogP contribution in [0.3, 0.4) is 0 Å². The standard InChI is InChI=1S/C12H10BrNO3/c1-2-17-12(16)9-6-11(15)14-10-4-3-7(13)5-8(9)10/h3-6H,2H2,1H3,(H,14,15). The Kier molecular flexibility index (Phi) is 3.28. The number of hydrogen-bond donors (Lipinski definition) is 1. The summed E-state index contributed by atoms with van der Waals surface area (Å²) in [5.41, 5.74) is 0.582. The summed E-state index contributed by atoms with van der Waals surface area (Å²) in [6.45, 7) is 2.00. The number of H-pyrrole nitrogens is 1. The van der Waals surface area contributed by atoms with E-state index in [-0.39, 0.29) is 17.7 Å². The number of carbonyl (C=O) groups excluding carboxylic acids is 1. The van der Waals surface area contributed by atoms with E-state index < -0.39 is 5.97 Å². The van der Waals surface area contributed by atoms with Crippen molar-refractivity contribution in [1.29, 1.82) is 0 Å². The average molecular weight is 296 g/mol. The number of aromatic amines is 1. The van der Waals surface area contributed by atoms with Gasteiger partial charge < -0.3 is 9.72 Å². The molecular formula is C12H10BrNO3. The second kappa shape index (κ2) is 4.71. The Balaban J connectivity index is 2.71. The van der Waals surface area contributed by atoms with Gasteiger partial charge in [0.25, 0.3) is 0 Å². The molecule has 1 heterocycles. The molecule has 2 rings (SSSR count). The summed E-state index contributed by atoms with van der Waals surface area (Å²) in [4.78, 5) is 25.8. The summed E-state index contributed by atoms with van der Waals surface area (Å²) in [6, 6.07) is 6.57. The van der Waals surface area contributed by atoms with Gasteiger partial charge in [-0.1, -0.05) is 15.9 Å². The highest BCUT2D eigenvalue weighted by Gasteiger charge is 2.12. The first-order chi connectivity index (χ1) is 8.11. The third kappa shape index (κ3) is 2.39. The molecule has 0 aliphatic rings. The van der Waals surface area contributed by atoms with Crippen molar-refractivity contribution in [3.63, 3.8) is 0 Å². The predicted octanol–water partition coefficient (Wildman–Crippen LogP) is 2.47. The van der Waals surface area contributed by atoms with Gasteiger partial charge in [0.2, 0.25) is 5.56 Å². The fourth-order valence-corrected chi connectivity index (χ4v) is 1.96. The average Bonchev–Trinajstić information content (AvgIpc) is 2.29. The summed E-state index contributed by atoms with van der Waals surface area (Å²) >= 11 is 3.33. The summed E-state index contributed by atoms with van der Waals surface area (Å²) in [5, 5.41) is 0.664. The van der Waals surface area contributed by atoms with Crippen LogP contribution in [0.2, 0.25) is 0 Å². The fraction of sp³-hybridized carbons (Fsp3) is 0.167. The number of ether oxygens (including phenoxy) is 1. The molecule has 1 aromatic heterocycles. The molecule has 2 aromatic rings. The molecule has 1 N–H and O–H groups in total. The highest BCUT2D eigenvalue weighted by molar-refractivity contribution is 9.10. The van der Waals surface area contributed by atoms with Crippen molar-refractivity contribution in [3.8, 4) is 0 Å². The second-order valence-electron chi connectivity index (χ2n) is 3.46. The molecule has 0 spiro atoms. The van der Waals surface area contributed by atoms with Crippen molar-refractivity contribution >= 4 is 32.8 Å². The number of carbonyl (C=O) groups is 1. The molecule has 0 saturated carbocycles. The van der Waals surface area contributed by atoms with Crippen LogP contribution < -0.4 is 5.56 Å². The van der Waals surface area contributed by atoms with Gasteiger partial charge in [-0.05, 0) is 25.1 Å².